The Labute approximate surface area is 103 Å². The van der Waals surface area contributed by atoms with Gasteiger partial charge in [-0.25, -0.2) is 4.39 Å². The molecule has 0 fully saturated rings. The lowest BCUT2D eigenvalue weighted by molar-refractivity contribution is 0.236. The average Bonchev–Trinajstić information content (AvgIpc) is 2.81. The van der Waals surface area contributed by atoms with E-state index in [1.807, 2.05) is 0 Å². The maximum Gasteiger partial charge on any atom is 0.295 e. The third-order valence-corrected chi connectivity index (χ3v) is 3.41. The maximum atomic E-state index is 12.7. The molecule has 1 aromatic heterocycles. The van der Waals surface area contributed by atoms with Crippen molar-refractivity contribution >= 4 is 15.7 Å². The Morgan fingerprint density at radius 1 is 1.17 bits per heavy atom. The number of rotatable bonds is 4. The molecule has 5 nitrogen and oxygen atoms in total. The van der Waals surface area contributed by atoms with E-state index in [1.165, 1.54) is 24.3 Å². The van der Waals surface area contributed by atoms with Gasteiger partial charge in [-0.3, -0.25) is 4.72 Å². The first-order valence-corrected chi connectivity index (χ1v) is 6.47. The molecular weight excluding hydrogens is 261 g/mol. The zero-order valence-corrected chi connectivity index (χ0v) is 9.95. The Hall–Kier alpha value is -1.86. The molecule has 7 heteroatoms. The first kappa shape index (κ1) is 12.6. The van der Waals surface area contributed by atoms with Crippen LogP contribution in [-0.2, 0) is 16.6 Å². The first-order valence-electron chi connectivity index (χ1n) is 4.99. The SMILES string of the molecule is O=S(=O)(Nc1ccc(F)cc1)c1ccc(CO)o1. The molecule has 0 amide bonds. The van der Waals surface area contributed by atoms with Gasteiger partial charge in [0.05, 0.1) is 0 Å². The van der Waals surface area contributed by atoms with Crippen molar-refractivity contribution in [2.45, 2.75) is 11.7 Å². The van der Waals surface area contributed by atoms with E-state index in [0.717, 1.165) is 12.1 Å². The van der Waals surface area contributed by atoms with Gasteiger partial charge in [-0.2, -0.15) is 8.42 Å². The van der Waals surface area contributed by atoms with Crippen LogP contribution in [0.3, 0.4) is 0 Å². The van der Waals surface area contributed by atoms with Gasteiger partial charge in [0.1, 0.15) is 18.2 Å². The number of sulfonamides is 1. The molecule has 0 saturated heterocycles. The van der Waals surface area contributed by atoms with Crippen LogP contribution >= 0.6 is 0 Å². The van der Waals surface area contributed by atoms with Crippen molar-refractivity contribution in [2.75, 3.05) is 4.72 Å². The van der Waals surface area contributed by atoms with Crippen LogP contribution in [0, 0.1) is 5.82 Å². The molecule has 96 valence electrons. The Balaban J connectivity index is 2.24. The second-order valence-electron chi connectivity index (χ2n) is 3.49. The van der Waals surface area contributed by atoms with Crippen LogP contribution in [0.15, 0.2) is 45.9 Å². The summed E-state index contributed by atoms with van der Waals surface area (Å²) in [5.74, 6) is -0.312. The highest BCUT2D eigenvalue weighted by molar-refractivity contribution is 7.92. The molecule has 2 N–H and O–H groups in total. The summed E-state index contributed by atoms with van der Waals surface area (Å²) in [7, 11) is -3.87. The highest BCUT2D eigenvalue weighted by atomic mass is 32.2. The molecule has 2 rings (SSSR count). The summed E-state index contributed by atoms with van der Waals surface area (Å²) in [6, 6.07) is 7.46. The normalized spacial score (nSPS) is 11.4. The summed E-state index contributed by atoms with van der Waals surface area (Å²) >= 11 is 0. The molecule has 1 heterocycles. The van der Waals surface area contributed by atoms with Crippen molar-refractivity contribution in [1.82, 2.24) is 0 Å². The van der Waals surface area contributed by atoms with Crippen LogP contribution in [0.4, 0.5) is 10.1 Å². The van der Waals surface area contributed by atoms with Gasteiger partial charge in [0.15, 0.2) is 0 Å². The summed E-state index contributed by atoms with van der Waals surface area (Å²) in [4.78, 5) is 0. The average molecular weight is 271 g/mol. The number of anilines is 1. The molecule has 0 aliphatic heterocycles. The molecule has 0 radical (unpaired) electrons. The Bertz CT molecular complexity index is 633. The van der Waals surface area contributed by atoms with Crippen LogP contribution < -0.4 is 4.72 Å². The number of aliphatic hydroxyl groups excluding tert-OH is 1. The van der Waals surface area contributed by atoms with Crippen LogP contribution in [0.2, 0.25) is 0 Å². The largest absolute Gasteiger partial charge is 0.445 e. The zero-order chi connectivity index (χ0) is 13.2. The zero-order valence-electron chi connectivity index (χ0n) is 9.13. The number of hydrogen-bond acceptors (Lipinski definition) is 4. The lowest BCUT2D eigenvalue weighted by Gasteiger charge is -2.05. The van der Waals surface area contributed by atoms with E-state index in [2.05, 4.69) is 4.72 Å². The molecule has 0 bridgehead atoms. The molecule has 18 heavy (non-hydrogen) atoms. The van der Waals surface area contributed by atoms with Crippen molar-refractivity contribution in [3.05, 3.63) is 48.0 Å². The van der Waals surface area contributed by atoms with Gasteiger partial charge < -0.3 is 9.52 Å². The Kier molecular flexibility index (Phi) is 3.35. The highest BCUT2D eigenvalue weighted by Gasteiger charge is 2.18. The summed E-state index contributed by atoms with van der Waals surface area (Å²) in [5, 5.41) is 8.48. The predicted octanol–water partition coefficient (Wildman–Crippen LogP) is 1.71. The molecule has 0 aliphatic rings. The first-order chi connectivity index (χ1) is 8.51. The van der Waals surface area contributed by atoms with Crippen LogP contribution in [0.5, 0.6) is 0 Å². The van der Waals surface area contributed by atoms with Crippen molar-refractivity contribution in [3.8, 4) is 0 Å². The lowest BCUT2D eigenvalue weighted by atomic mass is 10.3. The smallest absolute Gasteiger partial charge is 0.295 e. The molecule has 0 spiro atoms. The van der Waals surface area contributed by atoms with E-state index in [0.29, 0.717) is 0 Å². The van der Waals surface area contributed by atoms with Crippen LogP contribution in [-0.4, -0.2) is 13.5 Å². The second-order valence-corrected chi connectivity index (χ2v) is 5.10. The molecule has 0 saturated carbocycles. The molecule has 0 atom stereocenters. The van der Waals surface area contributed by atoms with Gasteiger partial charge in [-0.15, -0.1) is 0 Å². The minimum absolute atomic E-state index is 0.148. The van der Waals surface area contributed by atoms with Crippen molar-refractivity contribution in [2.24, 2.45) is 0 Å². The van der Waals surface area contributed by atoms with Gasteiger partial charge in [-0.05, 0) is 36.4 Å². The van der Waals surface area contributed by atoms with Gasteiger partial charge in [0, 0.05) is 5.69 Å². The minimum atomic E-state index is -3.87. The van der Waals surface area contributed by atoms with Gasteiger partial charge in [0.25, 0.3) is 10.0 Å². The molecular formula is C11H10FNO4S. The number of benzene rings is 1. The predicted molar refractivity (Wildman–Crippen MR) is 61.8 cm³/mol. The Morgan fingerprint density at radius 2 is 1.83 bits per heavy atom. The van der Waals surface area contributed by atoms with E-state index in [4.69, 9.17) is 9.52 Å². The molecule has 1 aromatic carbocycles. The van der Waals surface area contributed by atoms with Crippen LogP contribution in [0.25, 0.3) is 0 Å². The fourth-order valence-electron chi connectivity index (χ4n) is 1.31. The Morgan fingerprint density at radius 3 is 2.39 bits per heavy atom. The summed E-state index contributed by atoms with van der Waals surface area (Å²) in [6.07, 6.45) is 0. The number of halogens is 1. The van der Waals surface area contributed by atoms with Crippen LogP contribution in [0.1, 0.15) is 5.76 Å². The number of hydrogen-bond donors (Lipinski definition) is 2. The molecule has 0 unspecified atom stereocenters. The fraction of sp³-hybridized carbons (Fsp3) is 0.0909. The van der Waals surface area contributed by atoms with E-state index in [9.17, 15) is 12.8 Å². The van der Waals surface area contributed by atoms with Gasteiger partial charge >= 0.3 is 0 Å². The van der Waals surface area contributed by atoms with Gasteiger partial charge in [0.2, 0.25) is 5.09 Å². The monoisotopic (exact) mass is 271 g/mol. The van der Waals surface area contributed by atoms with Gasteiger partial charge in [-0.1, -0.05) is 0 Å². The number of furan rings is 1. The summed E-state index contributed by atoms with van der Waals surface area (Å²) < 4.78 is 43.5. The van der Waals surface area contributed by atoms with E-state index >= 15 is 0 Å². The topological polar surface area (TPSA) is 79.5 Å². The molecule has 0 aliphatic carbocycles. The van der Waals surface area contributed by atoms with E-state index in [1.54, 1.807) is 0 Å². The maximum absolute atomic E-state index is 12.7. The quantitative estimate of drug-likeness (QED) is 0.887. The number of nitrogens with one attached hydrogen (secondary N) is 1. The standard InChI is InChI=1S/C11H10FNO4S/c12-8-1-3-9(4-2-8)13-18(15,16)11-6-5-10(7-14)17-11/h1-6,13-14H,7H2. The fourth-order valence-corrected chi connectivity index (χ4v) is 2.32. The summed E-state index contributed by atoms with van der Waals surface area (Å²) in [6.45, 7) is -0.383. The minimum Gasteiger partial charge on any atom is -0.445 e. The van der Waals surface area contributed by atoms with Crippen molar-refractivity contribution in [3.63, 3.8) is 0 Å². The lowest BCUT2D eigenvalue weighted by Crippen LogP contribution is -2.12. The highest BCUT2D eigenvalue weighted by Crippen LogP contribution is 2.18. The van der Waals surface area contributed by atoms with E-state index in [-0.39, 0.29) is 23.1 Å². The second kappa shape index (κ2) is 4.79. The number of aliphatic hydroxyl groups is 1. The molecule has 2 aromatic rings. The third-order valence-electron chi connectivity index (χ3n) is 2.15. The third kappa shape index (κ3) is 2.69. The summed E-state index contributed by atoms with van der Waals surface area (Å²) in [5.41, 5.74) is 0.221. The van der Waals surface area contributed by atoms with Crippen molar-refractivity contribution in [1.29, 1.82) is 0 Å². The van der Waals surface area contributed by atoms with E-state index < -0.39 is 15.8 Å². The van der Waals surface area contributed by atoms with Crippen molar-refractivity contribution < 1.29 is 22.3 Å².